The number of hydrogen-bond acceptors (Lipinski definition) is 4. The highest BCUT2D eigenvalue weighted by Gasteiger charge is 2.06. The van der Waals surface area contributed by atoms with Gasteiger partial charge in [-0.3, -0.25) is 4.72 Å². The maximum atomic E-state index is 12.1. The summed E-state index contributed by atoms with van der Waals surface area (Å²) in [5.41, 5.74) is 1.92. The summed E-state index contributed by atoms with van der Waals surface area (Å²) in [5.74, 6) is 1.14. The van der Waals surface area contributed by atoms with E-state index in [2.05, 4.69) is 14.8 Å². The highest BCUT2D eigenvalue weighted by molar-refractivity contribution is 7.97. The molecule has 0 aliphatic heterocycles. The van der Waals surface area contributed by atoms with Crippen LogP contribution in [0.15, 0.2) is 71.9 Å². The van der Waals surface area contributed by atoms with Gasteiger partial charge in [0.05, 0.1) is 23.8 Å². The second-order valence-corrected chi connectivity index (χ2v) is 7.30. The van der Waals surface area contributed by atoms with Crippen LogP contribution in [0.2, 0.25) is 5.02 Å². The number of hydrogen-bond donors (Lipinski definition) is 1. The van der Waals surface area contributed by atoms with Crippen molar-refractivity contribution in [2.45, 2.75) is 19.1 Å². The van der Waals surface area contributed by atoms with E-state index in [9.17, 15) is 4.79 Å². The van der Waals surface area contributed by atoms with Gasteiger partial charge >= 0.3 is 6.03 Å². The number of amides is 2. The van der Waals surface area contributed by atoms with Crippen molar-refractivity contribution >= 4 is 29.6 Å². The van der Waals surface area contributed by atoms with E-state index in [0.29, 0.717) is 28.6 Å². The molecule has 6 nitrogen and oxygen atoms in total. The Balaban J connectivity index is 1.70. The molecule has 0 bridgehead atoms. The molecule has 3 rings (SSSR count). The van der Waals surface area contributed by atoms with Gasteiger partial charge < -0.3 is 4.74 Å². The Morgan fingerprint density at radius 2 is 1.97 bits per heavy atom. The summed E-state index contributed by atoms with van der Waals surface area (Å²) in [6.07, 6.45) is 2.40. The van der Waals surface area contributed by atoms with Gasteiger partial charge in [0.15, 0.2) is 0 Å². The van der Waals surface area contributed by atoms with E-state index in [0.717, 1.165) is 17.7 Å². The zero-order valence-corrected chi connectivity index (χ0v) is 17.5. The number of carbonyl (C=O) groups excluding carboxylic acids is 1. The molecular formula is C21H21ClN4O2S. The van der Waals surface area contributed by atoms with Crippen molar-refractivity contribution in [3.8, 4) is 11.6 Å². The topological polar surface area (TPSA) is 68.5 Å². The van der Waals surface area contributed by atoms with Gasteiger partial charge in [0.1, 0.15) is 0 Å². The van der Waals surface area contributed by atoms with E-state index in [1.807, 2.05) is 61.5 Å². The fraction of sp³-hybridized carbons (Fsp3) is 0.190. The standard InChI is InChI=1S/C21H21ClN4O2S/c1-2-12-28-20-13-18(14-23-26(20)19-6-4-3-5-7-19)24-21(27)25-29-15-16-8-10-17(22)11-9-16/h3-11,13-14H,2,12,15H2,1H3,(H,25,27)/b24-18-. The molecular weight excluding hydrogens is 408 g/mol. The zero-order chi connectivity index (χ0) is 20.5. The average molecular weight is 429 g/mol. The van der Waals surface area contributed by atoms with Crippen molar-refractivity contribution in [2.24, 2.45) is 4.99 Å². The van der Waals surface area contributed by atoms with Gasteiger partial charge in [-0.1, -0.05) is 48.9 Å². The van der Waals surface area contributed by atoms with Crippen LogP contribution in [0, 0.1) is 0 Å². The molecule has 1 aromatic heterocycles. The number of nitrogens with one attached hydrogen (secondary N) is 1. The third kappa shape index (κ3) is 6.37. The van der Waals surface area contributed by atoms with Crippen LogP contribution in [0.4, 0.5) is 4.79 Å². The first-order chi connectivity index (χ1) is 14.2. The average Bonchev–Trinajstić information content (AvgIpc) is 2.74. The van der Waals surface area contributed by atoms with Gasteiger partial charge in [0.25, 0.3) is 0 Å². The normalized spacial score (nSPS) is 11.3. The lowest BCUT2D eigenvalue weighted by molar-refractivity contribution is 0.253. The van der Waals surface area contributed by atoms with Crippen LogP contribution in [-0.4, -0.2) is 22.4 Å². The summed E-state index contributed by atoms with van der Waals surface area (Å²) in [5, 5.41) is 5.50. The first-order valence-corrected chi connectivity index (χ1v) is 10.5. The number of nitrogens with zero attached hydrogens (tertiary/aromatic N) is 3. The van der Waals surface area contributed by atoms with E-state index >= 15 is 0 Å². The summed E-state index contributed by atoms with van der Waals surface area (Å²) >= 11 is 7.14. The van der Waals surface area contributed by atoms with Crippen molar-refractivity contribution in [3.63, 3.8) is 0 Å². The van der Waals surface area contributed by atoms with Crippen molar-refractivity contribution < 1.29 is 9.53 Å². The SMILES string of the molecule is CCCOc1c/c(=N/C(=O)NSCc2ccc(Cl)cc2)cnn1-c1ccccc1. The minimum Gasteiger partial charge on any atom is -0.478 e. The number of aromatic nitrogens is 2. The van der Waals surface area contributed by atoms with Gasteiger partial charge in [-0.15, -0.1) is 0 Å². The molecule has 2 amide bonds. The Bertz CT molecular complexity index is 1010. The molecule has 1 heterocycles. The lowest BCUT2D eigenvalue weighted by Gasteiger charge is -2.12. The molecule has 8 heteroatoms. The minimum absolute atomic E-state index is 0.424. The van der Waals surface area contributed by atoms with Gasteiger partial charge in [-0.25, -0.2) is 9.48 Å². The number of benzene rings is 2. The quantitative estimate of drug-likeness (QED) is 0.550. The predicted octanol–water partition coefficient (Wildman–Crippen LogP) is 4.77. The predicted molar refractivity (Wildman–Crippen MR) is 116 cm³/mol. The lowest BCUT2D eigenvalue weighted by Crippen LogP contribution is -2.19. The van der Waals surface area contributed by atoms with Gasteiger partial charge in [0.2, 0.25) is 5.88 Å². The van der Waals surface area contributed by atoms with E-state index in [1.165, 1.54) is 18.1 Å². The van der Waals surface area contributed by atoms with Crippen LogP contribution < -0.4 is 14.8 Å². The number of para-hydroxylation sites is 1. The Kier molecular flexibility index (Phi) is 7.72. The Labute approximate surface area is 178 Å². The number of halogens is 1. The van der Waals surface area contributed by atoms with E-state index in [4.69, 9.17) is 16.3 Å². The summed E-state index contributed by atoms with van der Waals surface area (Å²) in [6.45, 7) is 2.57. The van der Waals surface area contributed by atoms with Crippen LogP contribution in [0.3, 0.4) is 0 Å². The molecule has 0 atom stereocenters. The molecule has 0 aliphatic carbocycles. The van der Waals surface area contributed by atoms with Gasteiger partial charge in [-0.2, -0.15) is 10.1 Å². The molecule has 3 aromatic rings. The molecule has 0 aliphatic rings. The second-order valence-electron chi connectivity index (χ2n) is 6.08. The monoisotopic (exact) mass is 428 g/mol. The Hall–Kier alpha value is -2.77. The molecule has 2 aromatic carbocycles. The van der Waals surface area contributed by atoms with Crippen molar-refractivity contribution in [1.82, 2.24) is 14.5 Å². The Morgan fingerprint density at radius 1 is 1.21 bits per heavy atom. The van der Waals surface area contributed by atoms with Crippen molar-refractivity contribution in [2.75, 3.05) is 6.61 Å². The third-order valence-electron chi connectivity index (χ3n) is 3.78. The summed E-state index contributed by atoms with van der Waals surface area (Å²) in [4.78, 5) is 16.2. The fourth-order valence-electron chi connectivity index (χ4n) is 2.43. The molecule has 29 heavy (non-hydrogen) atoms. The highest BCUT2D eigenvalue weighted by Crippen LogP contribution is 2.15. The first kappa shape index (κ1) is 21.0. The fourth-order valence-corrected chi connectivity index (χ4v) is 3.16. The van der Waals surface area contributed by atoms with Crippen LogP contribution in [-0.2, 0) is 5.75 Å². The third-order valence-corrected chi connectivity index (χ3v) is 4.83. The number of ether oxygens (including phenoxy) is 1. The molecule has 0 fully saturated rings. The maximum absolute atomic E-state index is 12.1. The Morgan fingerprint density at radius 3 is 2.69 bits per heavy atom. The molecule has 0 spiro atoms. The first-order valence-electron chi connectivity index (χ1n) is 9.14. The van der Waals surface area contributed by atoms with E-state index in [1.54, 1.807) is 10.7 Å². The summed E-state index contributed by atoms with van der Waals surface area (Å²) < 4.78 is 10.2. The van der Waals surface area contributed by atoms with Crippen molar-refractivity contribution in [3.05, 3.63) is 82.8 Å². The lowest BCUT2D eigenvalue weighted by atomic mass is 10.2. The second kappa shape index (κ2) is 10.7. The maximum Gasteiger partial charge on any atom is 0.351 e. The largest absolute Gasteiger partial charge is 0.478 e. The summed E-state index contributed by atoms with van der Waals surface area (Å²) in [7, 11) is 0. The molecule has 0 saturated heterocycles. The van der Waals surface area contributed by atoms with E-state index in [-0.39, 0.29) is 0 Å². The van der Waals surface area contributed by atoms with Gasteiger partial charge in [-0.05, 0) is 48.2 Å². The van der Waals surface area contributed by atoms with Crippen LogP contribution in [0.1, 0.15) is 18.9 Å². The summed E-state index contributed by atoms with van der Waals surface area (Å²) in [6, 6.07) is 18.4. The van der Waals surface area contributed by atoms with Crippen LogP contribution >= 0.6 is 23.5 Å². The highest BCUT2D eigenvalue weighted by atomic mass is 35.5. The molecule has 0 radical (unpaired) electrons. The minimum atomic E-state index is -0.454. The number of rotatable bonds is 7. The molecule has 0 saturated carbocycles. The molecule has 150 valence electrons. The van der Waals surface area contributed by atoms with Crippen LogP contribution in [0.25, 0.3) is 5.69 Å². The molecule has 1 N–H and O–H groups in total. The zero-order valence-electron chi connectivity index (χ0n) is 15.9. The smallest absolute Gasteiger partial charge is 0.351 e. The van der Waals surface area contributed by atoms with E-state index < -0.39 is 6.03 Å². The van der Waals surface area contributed by atoms with Crippen molar-refractivity contribution in [1.29, 1.82) is 0 Å². The number of carbonyl (C=O) groups is 1. The molecule has 0 unspecified atom stereocenters. The number of urea groups is 1. The van der Waals surface area contributed by atoms with Crippen LogP contribution in [0.5, 0.6) is 5.88 Å². The van der Waals surface area contributed by atoms with Gasteiger partial charge in [0, 0.05) is 16.8 Å².